The molecule has 19 heavy (non-hydrogen) atoms. The first-order valence-electron chi connectivity index (χ1n) is 5.76. The molecule has 1 heterocycles. The first-order chi connectivity index (χ1) is 9.01. The molecule has 0 spiro atoms. The molecule has 6 heteroatoms. The topological polar surface area (TPSA) is 79.5 Å². The second kappa shape index (κ2) is 5.56. The van der Waals surface area contributed by atoms with Gasteiger partial charge in [-0.15, -0.1) is 0 Å². The average Bonchev–Trinajstić information content (AvgIpc) is 2.85. The van der Waals surface area contributed by atoms with Crippen LogP contribution in [0, 0.1) is 6.92 Å². The van der Waals surface area contributed by atoms with E-state index in [1.165, 1.54) is 0 Å². The SMILES string of the molecule is Cc1ccc(S(=O)(=O)NCc2ccc(CO)o2)cc1. The molecule has 2 rings (SSSR count). The molecular weight excluding hydrogens is 266 g/mol. The number of nitrogens with one attached hydrogen (secondary N) is 1. The van der Waals surface area contributed by atoms with Gasteiger partial charge in [0, 0.05) is 0 Å². The van der Waals surface area contributed by atoms with Crippen molar-refractivity contribution < 1.29 is 17.9 Å². The lowest BCUT2D eigenvalue weighted by Crippen LogP contribution is -2.22. The van der Waals surface area contributed by atoms with Gasteiger partial charge in [-0.05, 0) is 31.2 Å². The van der Waals surface area contributed by atoms with Gasteiger partial charge < -0.3 is 9.52 Å². The van der Waals surface area contributed by atoms with Gasteiger partial charge in [0.2, 0.25) is 10.0 Å². The van der Waals surface area contributed by atoms with Gasteiger partial charge in [-0.2, -0.15) is 0 Å². The van der Waals surface area contributed by atoms with E-state index in [9.17, 15) is 8.42 Å². The first-order valence-corrected chi connectivity index (χ1v) is 7.24. The fourth-order valence-corrected chi connectivity index (χ4v) is 2.56. The van der Waals surface area contributed by atoms with Crippen LogP contribution in [-0.2, 0) is 23.2 Å². The van der Waals surface area contributed by atoms with E-state index < -0.39 is 10.0 Å². The normalized spacial score (nSPS) is 11.7. The molecule has 0 radical (unpaired) electrons. The molecule has 2 N–H and O–H groups in total. The summed E-state index contributed by atoms with van der Waals surface area (Å²) in [4.78, 5) is 0.215. The minimum Gasteiger partial charge on any atom is -0.462 e. The van der Waals surface area contributed by atoms with E-state index in [4.69, 9.17) is 9.52 Å². The smallest absolute Gasteiger partial charge is 0.240 e. The maximum atomic E-state index is 12.0. The molecule has 0 bridgehead atoms. The number of aryl methyl sites for hydroxylation is 1. The lowest BCUT2D eigenvalue weighted by molar-refractivity contribution is 0.243. The summed E-state index contributed by atoms with van der Waals surface area (Å²) in [6, 6.07) is 9.83. The van der Waals surface area contributed by atoms with E-state index in [1.54, 1.807) is 36.4 Å². The van der Waals surface area contributed by atoms with Gasteiger partial charge in [0.15, 0.2) is 0 Å². The lowest BCUT2D eigenvalue weighted by Gasteiger charge is -2.05. The van der Waals surface area contributed by atoms with Crippen LogP contribution in [0.3, 0.4) is 0 Å². The minimum absolute atomic E-state index is 0.0518. The Morgan fingerprint density at radius 3 is 2.32 bits per heavy atom. The molecule has 0 aliphatic carbocycles. The van der Waals surface area contributed by atoms with Crippen LogP contribution < -0.4 is 4.72 Å². The summed E-state index contributed by atoms with van der Waals surface area (Å²) in [6.07, 6.45) is 0. The van der Waals surface area contributed by atoms with Gasteiger partial charge in [-0.3, -0.25) is 0 Å². The second-order valence-electron chi connectivity index (χ2n) is 4.16. The van der Waals surface area contributed by atoms with Crippen molar-refractivity contribution in [2.45, 2.75) is 25.0 Å². The van der Waals surface area contributed by atoms with Crippen molar-refractivity contribution in [2.75, 3.05) is 0 Å². The summed E-state index contributed by atoms with van der Waals surface area (Å²) in [7, 11) is -3.55. The average molecular weight is 281 g/mol. The van der Waals surface area contributed by atoms with Crippen LogP contribution in [0.1, 0.15) is 17.1 Å². The maximum Gasteiger partial charge on any atom is 0.240 e. The largest absolute Gasteiger partial charge is 0.462 e. The predicted octanol–water partition coefficient (Wildman–Crippen LogP) is 1.56. The maximum absolute atomic E-state index is 12.0. The zero-order valence-corrected chi connectivity index (χ0v) is 11.3. The molecule has 0 unspecified atom stereocenters. The van der Waals surface area contributed by atoms with Crippen molar-refractivity contribution in [2.24, 2.45) is 0 Å². The van der Waals surface area contributed by atoms with Crippen LogP contribution >= 0.6 is 0 Å². The van der Waals surface area contributed by atoms with Crippen LogP contribution in [0.15, 0.2) is 45.7 Å². The molecule has 0 aliphatic rings. The highest BCUT2D eigenvalue weighted by Crippen LogP contribution is 2.12. The molecule has 5 nitrogen and oxygen atoms in total. The summed E-state index contributed by atoms with van der Waals surface area (Å²) in [5, 5.41) is 8.85. The number of hydrogen-bond acceptors (Lipinski definition) is 4. The van der Waals surface area contributed by atoms with Gasteiger partial charge in [0.05, 0.1) is 11.4 Å². The Kier molecular flexibility index (Phi) is 4.04. The highest BCUT2D eigenvalue weighted by molar-refractivity contribution is 7.89. The molecule has 102 valence electrons. The third-order valence-electron chi connectivity index (χ3n) is 2.64. The van der Waals surface area contributed by atoms with Crippen molar-refractivity contribution in [1.82, 2.24) is 4.72 Å². The van der Waals surface area contributed by atoms with E-state index in [1.807, 2.05) is 6.92 Å². The van der Waals surface area contributed by atoms with Gasteiger partial charge in [-0.25, -0.2) is 13.1 Å². The van der Waals surface area contributed by atoms with Crippen LogP contribution in [0.25, 0.3) is 0 Å². The Bertz CT molecular complexity index is 644. The van der Waals surface area contributed by atoms with Crippen molar-refractivity contribution in [3.05, 3.63) is 53.5 Å². The highest BCUT2D eigenvalue weighted by Gasteiger charge is 2.14. The summed E-state index contributed by atoms with van der Waals surface area (Å²) in [5.74, 6) is 0.865. The number of aliphatic hydroxyl groups excluding tert-OH is 1. The fourth-order valence-electron chi connectivity index (χ4n) is 1.57. The summed E-state index contributed by atoms with van der Waals surface area (Å²) in [6.45, 7) is 1.74. The molecule has 0 atom stereocenters. The number of hydrogen-bond donors (Lipinski definition) is 2. The minimum atomic E-state index is -3.55. The standard InChI is InChI=1S/C13H15NO4S/c1-10-2-6-13(7-3-10)19(16,17)14-8-11-4-5-12(9-15)18-11/h2-7,14-15H,8-9H2,1H3. The molecule has 0 amide bonds. The van der Waals surface area contributed by atoms with Gasteiger partial charge >= 0.3 is 0 Å². The molecule has 2 aromatic rings. The lowest BCUT2D eigenvalue weighted by atomic mass is 10.2. The monoisotopic (exact) mass is 281 g/mol. The number of sulfonamides is 1. The van der Waals surface area contributed by atoms with E-state index in [0.717, 1.165) is 5.56 Å². The van der Waals surface area contributed by atoms with Gasteiger partial charge in [0.1, 0.15) is 18.1 Å². The number of rotatable bonds is 5. The quantitative estimate of drug-likeness (QED) is 0.871. The van der Waals surface area contributed by atoms with E-state index >= 15 is 0 Å². The Labute approximate surface area is 111 Å². The van der Waals surface area contributed by atoms with Crippen LogP contribution in [-0.4, -0.2) is 13.5 Å². The van der Waals surface area contributed by atoms with Crippen molar-refractivity contribution >= 4 is 10.0 Å². The third kappa shape index (κ3) is 3.44. The summed E-state index contributed by atoms with van der Waals surface area (Å²) < 4.78 is 31.6. The predicted molar refractivity (Wildman–Crippen MR) is 69.8 cm³/mol. The van der Waals surface area contributed by atoms with E-state index in [-0.39, 0.29) is 18.0 Å². The molecule has 0 aliphatic heterocycles. The number of benzene rings is 1. The van der Waals surface area contributed by atoms with E-state index in [0.29, 0.717) is 11.5 Å². The molecule has 0 saturated carbocycles. The number of aliphatic hydroxyl groups is 1. The zero-order chi connectivity index (χ0) is 13.9. The molecule has 0 saturated heterocycles. The van der Waals surface area contributed by atoms with E-state index in [2.05, 4.69) is 4.72 Å². The zero-order valence-electron chi connectivity index (χ0n) is 10.5. The van der Waals surface area contributed by atoms with Crippen LogP contribution in [0.2, 0.25) is 0 Å². The highest BCUT2D eigenvalue weighted by atomic mass is 32.2. The summed E-state index contributed by atoms with van der Waals surface area (Å²) >= 11 is 0. The molecule has 0 fully saturated rings. The number of furan rings is 1. The second-order valence-corrected chi connectivity index (χ2v) is 5.93. The Morgan fingerprint density at radius 2 is 1.74 bits per heavy atom. The summed E-state index contributed by atoms with van der Waals surface area (Å²) in [5.41, 5.74) is 0.998. The fraction of sp³-hybridized carbons (Fsp3) is 0.231. The Morgan fingerprint density at radius 1 is 1.11 bits per heavy atom. The van der Waals surface area contributed by atoms with Crippen molar-refractivity contribution in [1.29, 1.82) is 0 Å². The van der Waals surface area contributed by atoms with Gasteiger partial charge in [-0.1, -0.05) is 17.7 Å². The van der Waals surface area contributed by atoms with Crippen LogP contribution in [0.5, 0.6) is 0 Å². The van der Waals surface area contributed by atoms with Crippen molar-refractivity contribution in [3.8, 4) is 0 Å². The van der Waals surface area contributed by atoms with Gasteiger partial charge in [0.25, 0.3) is 0 Å². The third-order valence-corrected chi connectivity index (χ3v) is 4.06. The van der Waals surface area contributed by atoms with Crippen LogP contribution in [0.4, 0.5) is 0 Å². The van der Waals surface area contributed by atoms with Crippen molar-refractivity contribution in [3.63, 3.8) is 0 Å². The first kappa shape index (κ1) is 13.8. The molecule has 1 aromatic heterocycles. The Balaban J connectivity index is 2.07. The molecule has 1 aromatic carbocycles. The Hall–Kier alpha value is -1.63. The molecular formula is C13H15NO4S.